The number of benzene rings is 1. The maximum Gasteiger partial charge on any atom is 0.246 e. The van der Waals surface area contributed by atoms with Crippen LogP contribution in [0, 0.1) is 18.3 Å². The van der Waals surface area contributed by atoms with E-state index in [9.17, 15) is 4.79 Å². The van der Waals surface area contributed by atoms with E-state index in [1.165, 1.54) is 0 Å². The highest BCUT2D eigenvalue weighted by atomic mass is 79.9. The van der Waals surface area contributed by atoms with Crippen LogP contribution in [0.25, 0.3) is 0 Å². The summed E-state index contributed by atoms with van der Waals surface area (Å²) < 4.78 is 0.963. The predicted molar refractivity (Wildman–Crippen MR) is 82.5 cm³/mol. The molecule has 0 aliphatic carbocycles. The zero-order chi connectivity index (χ0) is 14.9. The van der Waals surface area contributed by atoms with Gasteiger partial charge in [-0.25, -0.2) is 0 Å². The lowest BCUT2D eigenvalue weighted by Crippen LogP contribution is -2.60. The van der Waals surface area contributed by atoms with Gasteiger partial charge < -0.3 is 9.80 Å². The molecule has 1 fully saturated rings. The molecule has 0 spiro atoms. The Morgan fingerprint density at radius 3 is 2.80 bits per heavy atom. The first kappa shape index (κ1) is 14.9. The van der Waals surface area contributed by atoms with Crippen LogP contribution in [0.5, 0.6) is 0 Å². The van der Waals surface area contributed by atoms with Crippen molar-refractivity contribution < 1.29 is 4.79 Å². The van der Waals surface area contributed by atoms with Crippen LogP contribution >= 0.6 is 15.9 Å². The maximum atomic E-state index is 12.3. The first-order valence-corrected chi connectivity index (χ1v) is 7.41. The average Bonchev–Trinajstić information content (AvgIpc) is 2.38. The van der Waals surface area contributed by atoms with E-state index in [0.717, 1.165) is 15.7 Å². The minimum Gasteiger partial charge on any atom is -0.353 e. The number of amides is 1. The van der Waals surface area contributed by atoms with Crippen molar-refractivity contribution in [1.82, 2.24) is 4.90 Å². The molecular formula is C15H18BrN3O. The number of halogens is 1. The molecule has 1 heterocycles. The van der Waals surface area contributed by atoms with Gasteiger partial charge in [-0.05, 0) is 47.5 Å². The number of hydrogen-bond donors (Lipinski definition) is 0. The summed E-state index contributed by atoms with van der Waals surface area (Å²) in [5, 5.41) is 9.03. The zero-order valence-corrected chi connectivity index (χ0v) is 13.5. The minimum absolute atomic E-state index is 0.0112. The second-order valence-electron chi connectivity index (χ2n) is 5.31. The van der Waals surface area contributed by atoms with Crippen molar-refractivity contribution in [3.05, 3.63) is 28.2 Å². The van der Waals surface area contributed by atoms with Gasteiger partial charge in [0, 0.05) is 24.1 Å². The quantitative estimate of drug-likeness (QED) is 0.834. The van der Waals surface area contributed by atoms with Crippen molar-refractivity contribution in [2.45, 2.75) is 32.4 Å². The summed E-state index contributed by atoms with van der Waals surface area (Å²) in [5.41, 5.74) is 2.13. The van der Waals surface area contributed by atoms with Crippen molar-refractivity contribution >= 4 is 27.5 Å². The van der Waals surface area contributed by atoms with Crippen molar-refractivity contribution in [3.8, 4) is 6.07 Å². The molecule has 0 saturated carbocycles. The molecule has 5 heteroatoms. The molecular weight excluding hydrogens is 318 g/mol. The Hall–Kier alpha value is -1.54. The van der Waals surface area contributed by atoms with Gasteiger partial charge in [-0.1, -0.05) is 6.07 Å². The van der Waals surface area contributed by atoms with E-state index in [-0.39, 0.29) is 18.4 Å². The van der Waals surface area contributed by atoms with Gasteiger partial charge in [-0.2, -0.15) is 5.26 Å². The molecule has 1 aliphatic rings. The maximum absolute atomic E-state index is 12.3. The van der Waals surface area contributed by atoms with Crippen LogP contribution in [-0.2, 0) is 4.79 Å². The second-order valence-corrected chi connectivity index (χ2v) is 6.16. The highest BCUT2D eigenvalue weighted by Gasteiger charge is 2.37. The van der Waals surface area contributed by atoms with Gasteiger partial charge >= 0.3 is 0 Å². The molecule has 2 rings (SSSR count). The fourth-order valence-corrected chi connectivity index (χ4v) is 3.45. The lowest BCUT2D eigenvalue weighted by Gasteiger charge is -2.44. The summed E-state index contributed by atoms with van der Waals surface area (Å²) in [6.45, 7) is 4.78. The van der Waals surface area contributed by atoms with E-state index in [0.29, 0.717) is 6.54 Å². The van der Waals surface area contributed by atoms with Crippen LogP contribution < -0.4 is 4.90 Å². The average molecular weight is 336 g/mol. The fourth-order valence-electron chi connectivity index (χ4n) is 2.75. The smallest absolute Gasteiger partial charge is 0.246 e. The summed E-state index contributed by atoms with van der Waals surface area (Å²) in [6.07, 6.45) is 0.202. The van der Waals surface area contributed by atoms with E-state index < -0.39 is 6.04 Å². The molecule has 1 aromatic carbocycles. The number of nitrogens with zero attached hydrogens (tertiary/aromatic N) is 3. The first-order valence-electron chi connectivity index (χ1n) is 6.62. The van der Waals surface area contributed by atoms with Crippen LogP contribution in [0.15, 0.2) is 22.7 Å². The minimum atomic E-state index is -0.409. The largest absolute Gasteiger partial charge is 0.353 e. The number of aryl methyl sites for hydroxylation is 1. The SMILES string of the molecule is Cc1ccc(N2C(C)CN(C)C(=O)C2CC#N)c(Br)c1. The molecule has 1 aliphatic heterocycles. The van der Waals surface area contributed by atoms with Crippen LogP contribution in [0.2, 0.25) is 0 Å². The lowest BCUT2D eigenvalue weighted by molar-refractivity contribution is -0.133. The Morgan fingerprint density at radius 1 is 1.50 bits per heavy atom. The predicted octanol–water partition coefficient (Wildman–Crippen LogP) is 2.71. The van der Waals surface area contributed by atoms with Gasteiger partial charge in [0.15, 0.2) is 0 Å². The van der Waals surface area contributed by atoms with Gasteiger partial charge in [-0.15, -0.1) is 0 Å². The zero-order valence-electron chi connectivity index (χ0n) is 11.9. The molecule has 1 saturated heterocycles. The lowest BCUT2D eigenvalue weighted by atomic mass is 10.0. The molecule has 20 heavy (non-hydrogen) atoms. The Bertz CT molecular complexity index is 567. The Kier molecular flexibility index (Phi) is 4.34. The van der Waals surface area contributed by atoms with Crippen molar-refractivity contribution in [2.75, 3.05) is 18.5 Å². The third-order valence-corrected chi connectivity index (χ3v) is 4.31. The van der Waals surface area contributed by atoms with Gasteiger partial charge in [0.1, 0.15) is 6.04 Å². The van der Waals surface area contributed by atoms with Gasteiger partial charge in [0.05, 0.1) is 18.2 Å². The fraction of sp³-hybridized carbons (Fsp3) is 0.467. The number of nitriles is 1. The standard InChI is InChI=1S/C15H18BrN3O/c1-10-4-5-13(12(16)8-10)19-11(2)9-18(3)15(20)14(19)6-7-17/h4-5,8,11,14H,6,9H2,1-3H3. The molecule has 0 radical (unpaired) electrons. The molecule has 2 atom stereocenters. The Balaban J connectivity index is 2.44. The highest BCUT2D eigenvalue weighted by molar-refractivity contribution is 9.10. The molecule has 0 aromatic heterocycles. The number of carbonyl (C=O) groups is 1. The van der Waals surface area contributed by atoms with Crippen LogP contribution in [0.3, 0.4) is 0 Å². The normalized spacial score (nSPS) is 22.9. The number of piperazine rings is 1. The number of hydrogen-bond acceptors (Lipinski definition) is 3. The highest BCUT2D eigenvalue weighted by Crippen LogP contribution is 2.33. The van der Waals surface area contributed by atoms with Crippen molar-refractivity contribution in [1.29, 1.82) is 5.26 Å². The third kappa shape index (κ3) is 2.66. The molecule has 2 unspecified atom stereocenters. The molecule has 4 nitrogen and oxygen atoms in total. The number of rotatable bonds is 2. The molecule has 1 amide bonds. The van der Waals surface area contributed by atoms with Crippen molar-refractivity contribution in [2.24, 2.45) is 0 Å². The summed E-state index contributed by atoms with van der Waals surface area (Å²) in [7, 11) is 1.80. The number of anilines is 1. The third-order valence-electron chi connectivity index (χ3n) is 3.68. The Morgan fingerprint density at radius 2 is 2.20 bits per heavy atom. The molecule has 0 N–H and O–H groups in total. The second kappa shape index (κ2) is 5.84. The van der Waals surface area contributed by atoms with E-state index >= 15 is 0 Å². The van der Waals surface area contributed by atoms with E-state index in [4.69, 9.17) is 5.26 Å². The summed E-state index contributed by atoms with van der Waals surface area (Å²) in [5.74, 6) is 0.0112. The number of likely N-dealkylation sites (N-methyl/N-ethyl adjacent to an activating group) is 1. The van der Waals surface area contributed by atoms with Gasteiger partial charge in [-0.3, -0.25) is 4.79 Å². The molecule has 1 aromatic rings. The summed E-state index contributed by atoms with van der Waals surface area (Å²) in [6, 6.07) is 7.98. The molecule has 106 valence electrons. The van der Waals surface area contributed by atoms with Gasteiger partial charge in [0.25, 0.3) is 0 Å². The van der Waals surface area contributed by atoms with Crippen LogP contribution in [0.1, 0.15) is 18.9 Å². The Labute approximate surface area is 128 Å². The van der Waals surface area contributed by atoms with Crippen LogP contribution in [-0.4, -0.2) is 36.5 Å². The van der Waals surface area contributed by atoms with E-state index in [2.05, 4.69) is 33.8 Å². The topological polar surface area (TPSA) is 47.3 Å². The van der Waals surface area contributed by atoms with Gasteiger partial charge in [0.2, 0.25) is 5.91 Å². The van der Waals surface area contributed by atoms with E-state index in [1.807, 2.05) is 25.1 Å². The van der Waals surface area contributed by atoms with Crippen molar-refractivity contribution in [3.63, 3.8) is 0 Å². The monoisotopic (exact) mass is 335 g/mol. The van der Waals surface area contributed by atoms with Crippen LogP contribution in [0.4, 0.5) is 5.69 Å². The summed E-state index contributed by atoms with van der Waals surface area (Å²) >= 11 is 3.57. The first-order chi connectivity index (χ1) is 9.45. The molecule has 0 bridgehead atoms. The number of carbonyl (C=O) groups excluding carboxylic acids is 1. The van der Waals surface area contributed by atoms with E-state index in [1.54, 1.807) is 11.9 Å². The summed E-state index contributed by atoms with van der Waals surface area (Å²) in [4.78, 5) is 16.1.